The van der Waals surface area contributed by atoms with Gasteiger partial charge in [0.05, 0.1) is 24.3 Å². The average molecular weight is 299 g/mol. The molecule has 3 aromatic rings. The number of aromatic nitrogens is 3. The van der Waals surface area contributed by atoms with Crippen molar-refractivity contribution in [3.05, 3.63) is 65.7 Å². The fraction of sp³-hybridized carbons (Fsp3) is 0.125. The first-order chi connectivity index (χ1) is 10.2. The number of rotatable bonds is 3. The van der Waals surface area contributed by atoms with Crippen molar-refractivity contribution >= 4 is 17.4 Å². The van der Waals surface area contributed by atoms with E-state index in [4.69, 9.17) is 17.3 Å². The third-order valence-electron chi connectivity index (χ3n) is 3.55. The van der Waals surface area contributed by atoms with E-state index in [1.165, 1.54) is 0 Å². The van der Waals surface area contributed by atoms with Crippen molar-refractivity contribution in [3.63, 3.8) is 0 Å². The number of imidazole rings is 1. The van der Waals surface area contributed by atoms with E-state index in [-0.39, 0.29) is 6.04 Å². The van der Waals surface area contributed by atoms with Crippen LogP contribution in [0.2, 0.25) is 5.02 Å². The van der Waals surface area contributed by atoms with Gasteiger partial charge >= 0.3 is 0 Å². The molecule has 0 radical (unpaired) electrons. The lowest BCUT2D eigenvalue weighted by atomic mass is 10.1. The Balaban J connectivity index is 2.08. The fourth-order valence-electron chi connectivity index (χ4n) is 2.42. The monoisotopic (exact) mass is 298 g/mol. The third-order valence-corrected chi connectivity index (χ3v) is 3.90. The summed E-state index contributed by atoms with van der Waals surface area (Å²) in [5.74, 6) is 0.491. The quantitative estimate of drug-likeness (QED) is 0.800. The first kappa shape index (κ1) is 13.6. The summed E-state index contributed by atoms with van der Waals surface area (Å²) in [4.78, 5) is 8.39. The van der Waals surface area contributed by atoms with Crippen molar-refractivity contribution in [2.75, 3.05) is 5.73 Å². The van der Waals surface area contributed by atoms with Gasteiger partial charge in [-0.2, -0.15) is 0 Å². The second-order valence-electron chi connectivity index (χ2n) is 4.82. The number of nitrogens with two attached hydrogens (primary N) is 1. The van der Waals surface area contributed by atoms with Crippen LogP contribution >= 0.6 is 11.6 Å². The summed E-state index contributed by atoms with van der Waals surface area (Å²) in [5.41, 5.74) is 8.81. The van der Waals surface area contributed by atoms with Crippen LogP contribution in [0.25, 0.3) is 11.3 Å². The molecule has 0 spiro atoms. The van der Waals surface area contributed by atoms with Gasteiger partial charge in [0.15, 0.2) is 0 Å². The minimum absolute atomic E-state index is 0.0517. The lowest BCUT2D eigenvalue weighted by Gasteiger charge is -2.18. The zero-order chi connectivity index (χ0) is 14.8. The largest absolute Gasteiger partial charge is 0.383 e. The number of anilines is 1. The third kappa shape index (κ3) is 2.50. The predicted octanol–water partition coefficient (Wildman–Crippen LogP) is 3.79. The molecule has 0 aliphatic heterocycles. The van der Waals surface area contributed by atoms with E-state index in [0.717, 1.165) is 21.8 Å². The van der Waals surface area contributed by atoms with Crippen LogP contribution in [0.15, 0.2) is 55.1 Å². The molecule has 4 nitrogen and oxygen atoms in total. The van der Waals surface area contributed by atoms with Crippen LogP contribution in [-0.4, -0.2) is 14.5 Å². The van der Waals surface area contributed by atoms with E-state index in [0.29, 0.717) is 5.82 Å². The summed E-state index contributed by atoms with van der Waals surface area (Å²) in [7, 11) is 0. The predicted molar refractivity (Wildman–Crippen MR) is 85.1 cm³/mol. The molecule has 0 saturated carbocycles. The number of pyridine rings is 1. The Morgan fingerprint density at radius 2 is 2.00 bits per heavy atom. The van der Waals surface area contributed by atoms with E-state index >= 15 is 0 Å². The topological polar surface area (TPSA) is 56.7 Å². The van der Waals surface area contributed by atoms with Crippen molar-refractivity contribution < 1.29 is 0 Å². The SMILES string of the molecule is CC(c1ccccc1Cl)n1cncc1-c1cccnc1N. The van der Waals surface area contributed by atoms with E-state index in [1.807, 2.05) is 36.4 Å². The highest BCUT2D eigenvalue weighted by atomic mass is 35.5. The van der Waals surface area contributed by atoms with Crippen LogP contribution in [0, 0.1) is 0 Å². The average Bonchev–Trinajstić information content (AvgIpc) is 2.97. The van der Waals surface area contributed by atoms with Crippen LogP contribution < -0.4 is 5.73 Å². The Labute approximate surface area is 128 Å². The van der Waals surface area contributed by atoms with Crippen LogP contribution in [-0.2, 0) is 0 Å². The Kier molecular flexibility index (Phi) is 3.62. The van der Waals surface area contributed by atoms with Gasteiger partial charge in [-0.05, 0) is 30.7 Å². The molecule has 1 unspecified atom stereocenters. The minimum atomic E-state index is 0.0517. The summed E-state index contributed by atoms with van der Waals surface area (Å²) in [5, 5.41) is 0.740. The van der Waals surface area contributed by atoms with Crippen molar-refractivity contribution in [1.82, 2.24) is 14.5 Å². The smallest absolute Gasteiger partial charge is 0.132 e. The lowest BCUT2D eigenvalue weighted by Crippen LogP contribution is -2.08. The van der Waals surface area contributed by atoms with Crippen molar-refractivity contribution in [1.29, 1.82) is 0 Å². The number of benzene rings is 1. The summed E-state index contributed by atoms with van der Waals surface area (Å²) >= 11 is 6.29. The Morgan fingerprint density at radius 3 is 2.76 bits per heavy atom. The maximum Gasteiger partial charge on any atom is 0.132 e. The maximum absolute atomic E-state index is 6.29. The van der Waals surface area contributed by atoms with Gasteiger partial charge in [0.2, 0.25) is 0 Å². The summed E-state index contributed by atoms with van der Waals surface area (Å²) < 4.78 is 2.05. The molecule has 0 bridgehead atoms. The molecule has 0 aliphatic carbocycles. The molecular formula is C16H15ClN4. The highest BCUT2D eigenvalue weighted by molar-refractivity contribution is 6.31. The Bertz CT molecular complexity index is 766. The van der Waals surface area contributed by atoms with Gasteiger partial charge < -0.3 is 10.3 Å². The number of hydrogen-bond donors (Lipinski definition) is 1. The normalized spacial score (nSPS) is 12.3. The zero-order valence-corrected chi connectivity index (χ0v) is 12.3. The highest BCUT2D eigenvalue weighted by Gasteiger charge is 2.16. The van der Waals surface area contributed by atoms with Gasteiger partial charge in [0.1, 0.15) is 5.82 Å². The first-order valence-electron chi connectivity index (χ1n) is 6.65. The van der Waals surface area contributed by atoms with Gasteiger partial charge in [0, 0.05) is 16.8 Å². The Morgan fingerprint density at radius 1 is 1.19 bits per heavy atom. The molecule has 0 saturated heterocycles. The van der Waals surface area contributed by atoms with Gasteiger partial charge in [0.25, 0.3) is 0 Å². The van der Waals surface area contributed by atoms with Gasteiger partial charge in [-0.25, -0.2) is 9.97 Å². The standard InChI is InChI=1S/C16H15ClN4/c1-11(12-5-2-3-7-14(12)17)21-10-19-9-15(21)13-6-4-8-20-16(13)18/h2-11H,1H3,(H2,18,20). The first-order valence-corrected chi connectivity index (χ1v) is 7.03. The van der Waals surface area contributed by atoms with Crippen LogP contribution in [0.3, 0.4) is 0 Å². The number of nitrogens with zero attached hydrogens (tertiary/aromatic N) is 3. The molecule has 0 amide bonds. The van der Waals surface area contributed by atoms with Crippen molar-refractivity contribution in [2.45, 2.75) is 13.0 Å². The summed E-state index contributed by atoms with van der Waals surface area (Å²) in [6.07, 6.45) is 5.26. The highest BCUT2D eigenvalue weighted by Crippen LogP contribution is 2.31. The summed E-state index contributed by atoms with van der Waals surface area (Å²) in [6, 6.07) is 11.7. The number of halogens is 1. The summed E-state index contributed by atoms with van der Waals surface area (Å²) in [6.45, 7) is 2.08. The number of nitrogen functional groups attached to an aromatic ring is 1. The van der Waals surface area contributed by atoms with E-state index < -0.39 is 0 Å². The molecule has 106 valence electrons. The maximum atomic E-state index is 6.29. The number of hydrogen-bond acceptors (Lipinski definition) is 3. The van der Waals surface area contributed by atoms with Crippen molar-refractivity contribution in [2.24, 2.45) is 0 Å². The molecule has 3 rings (SSSR count). The Hall–Kier alpha value is -2.33. The molecular weight excluding hydrogens is 284 g/mol. The molecule has 2 N–H and O–H groups in total. The molecule has 1 atom stereocenters. The van der Waals surface area contributed by atoms with Gasteiger partial charge in [-0.3, -0.25) is 0 Å². The van der Waals surface area contributed by atoms with E-state index in [1.54, 1.807) is 18.7 Å². The van der Waals surface area contributed by atoms with Crippen molar-refractivity contribution in [3.8, 4) is 11.3 Å². The molecule has 21 heavy (non-hydrogen) atoms. The van der Waals surface area contributed by atoms with Crippen LogP contribution in [0.4, 0.5) is 5.82 Å². The van der Waals surface area contributed by atoms with E-state index in [2.05, 4.69) is 21.5 Å². The molecule has 2 heterocycles. The molecule has 2 aromatic heterocycles. The second-order valence-corrected chi connectivity index (χ2v) is 5.23. The molecule has 1 aromatic carbocycles. The molecule has 5 heteroatoms. The van der Waals surface area contributed by atoms with E-state index in [9.17, 15) is 0 Å². The zero-order valence-electron chi connectivity index (χ0n) is 11.6. The lowest BCUT2D eigenvalue weighted by molar-refractivity contribution is 0.645. The second kappa shape index (κ2) is 5.58. The van der Waals surface area contributed by atoms with Gasteiger partial charge in [-0.15, -0.1) is 0 Å². The molecule has 0 aliphatic rings. The molecule has 0 fully saturated rings. The van der Waals surface area contributed by atoms with Crippen LogP contribution in [0.5, 0.6) is 0 Å². The van der Waals surface area contributed by atoms with Crippen LogP contribution in [0.1, 0.15) is 18.5 Å². The fourth-order valence-corrected chi connectivity index (χ4v) is 2.71. The van der Waals surface area contributed by atoms with Gasteiger partial charge in [-0.1, -0.05) is 29.8 Å². The minimum Gasteiger partial charge on any atom is -0.383 e.